The minimum atomic E-state index is -0.377. The van der Waals surface area contributed by atoms with Crippen molar-refractivity contribution in [2.24, 2.45) is 5.10 Å². The standard InChI is InChI=1S/C18H12Cl2IN5O2S/c19-11-6-5-10(13(20)7-11)9-22-24-15(27)8-16-25-26-18(29-16)23-17(28)12-3-1-2-4-14(12)21/h1-7,9H,8H2,(H,24,27)(H,23,26,28)/b22-9-. The van der Waals surface area contributed by atoms with E-state index in [1.165, 1.54) is 6.21 Å². The van der Waals surface area contributed by atoms with Crippen molar-refractivity contribution in [1.82, 2.24) is 15.6 Å². The maximum atomic E-state index is 12.3. The normalized spacial score (nSPS) is 10.9. The van der Waals surface area contributed by atoms with Crippen molar-refractivity contribution in [2.75, 3.05) is 5.32 Å². The minimum absolute atomic E-state index is 0.0257. The number of nitrogens with zero attached hydrogens (tertiary/aromatic N) is 3. The Morgan fingerprint density at radius 3 is 2.72 bits per heavy atom. The fraction of sp³-hybridized carbons (Fsp3) is 0.0556. The summed E-state index contributed by atoms with van der Waals surface area (Å²) in [5.41, 5.74) is 3.55. The molecule has 0 saturated heterocycles. The number of carbonyl (C=O) groups is 2. The molecule has 0 fully saturated rings. The zero-order valence-corrected chi connectivity index (χ0v) is 19.0. The molecule has 0 aliphatic heterocycles. The first-order chi connectivity index (χ1) is 13.9. The summed E-state index contributed by atoms with van der Waals surface area (Å²) in [6.07, 6.45) is 1.39. The van der Waals surface area contributed by atoms with Crippen LogP contribution < -0.4 is 10.7 Å². The third-order valence-corrected chi connectivity index (χ3v) is 5.81. The van der Waals surface area contributed by atoms with E-state index in [0.29, 0.717) is 31.3 Å². The molecule has 2 amide bonds. The van der Waals surface area contributed by atoms with Crippen molar-refractivity contribution in [3.05, 3.63) is 72.2 Å². The predicted molar refractivity (Wildman–Crippen MR) is 123 cm³/mol. The van der Waals surface area contributed by atoms with Crippen molar-refractivity contribution in [2.45, 2.75) is 6.42 Å². The lowest BCUT2D eigenvalue weighted by Crippen LogP contribution is -2.19. The van der Waals surface area contributed by atoms with Crippen LogP contribution in [0.4, 0.5) is 5.13 Å². The molecule has 7 nitrogen and oxygen atoms in total. The molecule has 2 N–H and O–H groups in total. The van der Waals surface area contributed by atoms with Crippen molar-refractivity contribution in [1.29, 1.82) is 0 Å². The smallest absolute Gasteiger partial charge is 0.258 e. The summed E-state index contributed by atoms with van der Waals surface area (Å²) in [7, 11) is 0. The molecule has 0 unspecified atom stereocenters. The summed E-state index contributed by atoms with van der Waals surface area (Å²) in [4.78, 5) is 24.3. The molecule has 1 heterocycles. The maximum absolute atomic E-state index is 12.3. The third-order valence-electron chi connectivity index (χ3n) is 3.47. The summed E-state index contributed by atoms with van der Waals surface area (Å²) in [5.74, 6) is -0.662. The zero-order valence-electron chi connectivity index (χ0n) is 14.5. The van der Waals surface area contributed by atoms with E-state index in [-0.39, 0.29) is 18.2 Å². The molecule has 0 radical (unpaired) electrons. The summed E-state index contributed by atoms with van der Waals surface area (Å²) in [5, 5.41) is 16.1. The minimum Gasteiger partial charge on any atom is -0.296 e. The molecule has 148 valence electrons. The first-order valence-electron chi connectivity index (χ1n) is 8.07. The van der Waals surface area contributed by atoms with Gasteiger partial charge in [-0.1, -0.05) is 52.7 Å². The number of halogens is 3. The summed E-state index contributed by atoms with van der Waals surface area (Å²) >= 11 is 15.1. The highest BCUT2D eigenvalue weighted by Crippen LogP contribution is 2.20. The van der Waals surface area contributed by atoms with Gasteiger partial charge in [0.05, 0.1) is 23.2 Å². The van der Waals surface area contributed by atoms with Crippen LogP contribution in [0.1, 0.15) is 20.9 Å². The highest BCUT2D eigenvalue weighted by Gasteiger charge is 2.14. The monoisotopic (exact) mass is 559 g/mol. The van der Waals surface area contributed by atoms with Crippen LogP contribution in [0.3, 0.4) is 0 Å². The highest BCUT2D eigenvalue weighted by atomic mass is 127. The number of aromatic nitrogens is 2. The van der Waals surface area contributed by atoms with Crippen LogP contribution >= 0.6 is 57.1 Å². The molecule has 11 heteroatoms. The molecule has 0 saturated carbocycles. The van der Waals surface area contributed by atoms with E-state index in [1.54, 1.807) is 30.3 Å². The van der Waals surface area contributed by atoms with Gasteiger partial charge in [0.25, 0.3) is 5.91 Å². The van der Waals surface area contributed by atoms with Crippen LogP contribution in [-0.2, 0) is 11.2 Å². The zero-order chi connectivity index (χ0) is 20.8. The van der Waals surface area contributed by atoms with Gasteiger partial charge in [-0.2, -0.15) is 5.10 Å². The lowest BCUT2D eigenvalue weighted by molar-refractivity contribution is -0.120. The third kappa shape index (κ3) is 6.20. The Morgan fingerprint density at radius 2 is 1.97 bits per heavy atom. The van der Waals surface area contributed by atoms with E-state index < -0.39 is 0 Å². The fourth-order valence-corrected chi connectivity index (χ4v) is 3.97. The second-order valence-corrected chi connectivity index (χ2v) is 8.64. The van der Waals surface area contributed by atoms with Gasteiger partial charge in [-0.3, -0.25) is 14.9 Å². The Kier molecular flexibility index (Phi) is 7.53. The molecule has 0 spiro atoms. The number of nitrogens with one attached hydrogen (secondary N) is 2. The number of hydrazone groups is 1. The molecule has 0 atom stereocenters. The Morgan fingerprint density at radius 1 is 1.17 bits per heavy atom. The SMILES string of the molecule is O=C(Cc1nnc(NC(=O)c2ccccc2I)s1)N/N=C\c1ccc(Cl)cc1Cl. The summed E-state index contributed by atoms with van der Waals surface area (Å²) in [6.45, 7) is 0. The summed E-state index contributed by atoms with van der Waals surface area (Å²) in [6, 6.07) is 12.1. The van der Waals surface area contributed by atoms with Crippen LogP contribution in [0, 0.1) is 3.57 Å². The predicted octanol–water partition coefficient (Wildman–Crippen LogP) is 4.39. The van der Waals surface area contributed by atoms with Crippen molar-refractivity contribution in [3.8, 4) is 0 Å². The number of hydrogen-bond acceptors (Lipinski definition) is 6. The van der Waals surface area contributed by atoms with Crippen LogP contribution in [-0.4, -0.2) is 28.2 Å². The van der Waals surface area contributed by atoms with Gasteiger partial charge in [0.15, 0.2) is 0 Å². The summed E-state index contributed by atoms with van der Waals surface area (Å²) < 4.78 is 0.824. The van der Waals surface area contributed by atoms with Gasteiger partial charge in [0, 0.05) is 14.2 Å². The molecular formula is C18H12Cl2IN5O2S. The molecule has 29 heavy (non-hydrogen) atoms. The highest BCUT2D eigenvalue weighted by molar-refractivity contribution is 14.1. The average molecular weight is 560 g/mol. The Labute approximate surface area is 193 Å². The fourth-order valence-electron chi connectivity index (χ4n) is 2.14. The number of hydrogen-bond donors (Lipinski definition) is 2. The van der Waals surface area contributed by atoms with Gasteiger partial charge in [0.1, 0.15) is 5.01 Å². The van der Waals surface area contributed by atoms with E-state index in [0.717, 1.165) is 14.9 Å². The van der Waals surface area contributed by atoms with Gasteiger partial charge < -0.3 is 0 Å². The van der Waals surface area contributed by atoms with E-state index in [9.17, 15) is 9.59 Å². The Balaban J connectivity index is 1.54. The van der Waals surface area contributed by atoms with E-state index >= 15 is 0 Å². The molecule has 1 aromatic heterocycles. The van der Waals surface area contributed by atoms with E-state index in [2.05, 4.69) is 48.6 Å². The first-order valence-corrected chi connectivity index (χ1v) is 10.7. The van der Waals surface area contributed by atoms with Gasteiger partial charge in [-0.15, -0.1) is 10.2 Å². The number of anilines is 1. The lowest BCUT2D eigenvalue weighted by Gasteiger charge is -2.02. The Bertz CT molecular complexity index is 1090. The number of carbonyl (C=O) groups excluding carboxylic acids is 2. The second-order valence-electron chi connectivity index (χ2n) is 5.57. The van der Waals surface area contributed by atoms with Crippen molar-refractivity contribution < 1.29 is 9.59 Å². The van der Waals surface area contributed by atoms with Crippen LogP contribution in [0.2, 0.25) is 10.0 Å². The molecule has 0 bridgehead atoms. The van der Waals surface area contributed by atoms with Gasteiger partial charge >= 0.3 is 0 Å². The first kappa shape index (κ1) is 21.6. The molecule has 0 aliphatic carbocycles. The van der Waals surface area contributed by atoms with Crippen LogP contribution in [0.15, 0.2) is 47.6 Å². The molecule has 2 aromatic carbocycles. The lowest BCUT2D eigenvalue weighted by atomic mass is 10.2. The van der Waals surface area contributed by atoms with Crippen LogP contribution in [0.5, 0.6) is 0 Å². The molecule has 3 aromatic rings. The van der Waals surface area contributed by atoms with Crippen LogP contribution in [0.25, 0.3) is 0 Å². The average Bonchev–Trinajstić information content (AvgIpc) is 3.10. The van der Waals surface area contributed by atoms with E-state index in [4.69, 9.17) is 23.2 Å². The quantitative estimate of drug-likeness (QED) is 0.266. The van der Waals surface area contributed by atoms with Gasteiger partial charge in [-0.05, 0) is 46.9 Å². The molecule has 3 rings (SSSR count). The number of amides is 2. The molecule has 0 aliphatic rings. The topological polar surface area (TPSA) is 96.3 Å². The van der Waals surface area contributed by atoms with Crippen molar-refractivity contribution >= 4 is 80.3 Å². The van der Waals surface area contributed by atoms with Gasteiger partial charge in [-0.25, -0.2) is 5.43 Å². The maximum Gasteiger partial charge on any atom is 0.258 e. The Hall–Kier alpha value is -2.08. The second kappa shape index (κ2) is 10.1. The van der Waals surface area contributed by atoms with Gasteiger partial charge in [0.2, 0.25) is 11.0 Å². The number of benzene rings is 2. The van der Waals surface area contributed by atoms with Crippen molar-refractivity contribution in [3.63, 3.8) is 0 Å². The van der Waals surface area contributed by atoms with E-state index in [1.807, 2.05) is 12.1 Å². The largest absolute Gasteiger partial charge is 0.296 e. The molecular weight excluding hydrogens is 548 g/mol. The number of rotatable bonds is 6.